The van der Waals surface area contributed by atoms with Gasteiger partial charge in [-0.1, -0.05) is 77.0 Å². The van der Waals surface area contributed by atoms with Crippen LogP contribution in [0.3, 0.4) is 0 Å². The first kappa shape index (κ1) is 26.8. The fourth-order valence-electron chi connectivity index (χ4n) is 3.71. The van der Waals surface area contributed by atoms with Gasteiger partial charge in [-0.15, -0.1) is 0 Å². The van der Waals surface area contributed by atoms with Crippen LogP contribution in [-0.2, 0) is 0 Å². The van der Waals surface area contributed by atoms with Gasteiger partial charge >= 0.3 is 5.63 Å². The van der Waals surface area contributed by atoms with Gasteiger partial charge in [0.2, 0.25) is 5.75 Å². The molecule has 0 saturated carbocycles. The van der Waals surface area contributed by atoms with Crippen molar-refractivity contribution in [2.45, 2.75) is 98.0 Å². The second kappa shape index (κ2) is 15.4. The molecule has 0 amide bonds. The topological polar surface area (TPSA) is 57.9 Å². The normalized spacial score (nSPS) is 11.5. The summed E-state index contributed by atoms with van der Waals surface area (Å²) >= 11 is 0. The van der Waals surface area contributed by atoms with E-state index in [-0.39, 0.29) is 11.9 Å². The summed E-state index contributed by atoms with van der Waals surface area (Å²) < 4.78 is 23.6. The fraction of sp³-hybridized carbons (Fsp3) is 0.607. The lowest BCUT2D eigenvalue weighted by atomic mass is 10.1. The number of rotatable bonds is 17. The van der Waals surface area contributed by atoms with E-state index in [1.54, 1.807) is 6.07 Å². The molecule has 1 aromatic carbocycles. The molecule has 33 heavy (non-hydrogen) atoms. The second-order valence-electron chi connectivity index (χ2n) is 8.68. The number of fused-ring (bicyclic) bond motifs is 1. The van der Waals surface area contributed by atoms with E-state index in [9.17, 15) is 4.79 Å². The molecule has 0 aliphatic rings. The molecule has 0 N–H and O–H groups in total. The molecule has 1 heterocycles. The molecule has 2 rings (SSSR count). The summed E-state index contributed by atoms with van der Waals surface area (Å²) in [4.78, 5) is 12.8. The van der Waals surface area contributed by atoms with E-state index in [4.69, 9.17) is 18.6 Å². The fourth-order valence-corrected chi connectivity index (χ4v) is 3.71. The third kappa shape index (κ3) is 9.15. The Morgan fingerprint density at radius 3 is 2.27 bits per heavy atom. The maximum absolute atomic E-state index is 12.8. The van der Waals surface area contributed by atoms with E-state index in [0.717, 1.165) is 25.7 Å². The predicted molar refractivity (Wildman–Crippen MR) is 136 cm³/mol. The van der Waals surface area contributed by atoms with Gasteiger partial charge in [0.15, 0.2) is 5.75 Å². The predicted octanol–water partition coefficient (Wildman–Crippen LogP) is 7.83. The van der Waals surface area contributed by atoms with E-state index in [1.807, 2.05) is 26.0 Å². The van der Waals surface area contributed by atoms with Crippen molar-refractivity contribution in [2.24, 2.45) is 0 Å². The van der Waals surface area contributed by atoms with Gasteiger partial charge in [-0.3, -0.25) is 0 Å². The molecule has 0 fully saturated rings. The second-order valence-corrected chi connectivity index (χ2v) is 8.68. The highest BCUT2D eigenvalue weighted by Crippen LogP contribution is 2.39. The molecule has 0 spiro atoms. The molecule has 2 aromatic rings. The molecule has 0 saturated heterocycles. The van der Waals surface area contributed by atoms with Crippen LogP contribution in [0.5, 0.6) is 17.2 Å². The van der Waals surface area contributed by atoms with Gasteiger partial charge in [0.1, 0.15) is 16.7 Å². The smallest absolute Gasteiger partial charge is 0.383 e. The maximum atomic E-state index is 12.8. The SMILES string of the molecule is CCC=CCCOc1c(OCCCCCCCCCC)c(=O)oc2cccc(OC(C)C)c12. The monoisotopic (exact) mass is 458 g/mol. The molecule has 0 radical (unpaired) electrons. The van der Waals surface area contributed by atoms with Crippen LogP contribution < -0.4 is 19.8 Å². The summed E-state index contributed by atoms with van der Waals surface area (Å²) in [5, 5.41) is 0.649. The van der Waals surface area contributed by atoms with Gasteiger partial charge in [0, 0.05) is 0 Å². The Bertz CT molecular complexity index is 897. The summed E-state index contributed by atoms with van der Waals surface area (Å²) in [5.41, 5.74) is -0.0699. The number of allylic oxidation sites excluding steroid dienone is 1. The third-order valence-corrected chi connectivity index (χ3v) is 5.35. The molecular weight excluding hydrogens is 416 g/mol. The Morgan fingerprint density at radius 1 is 0.879 bits per heavy atom. The first-order chi connectivity index (χ1) is 16.1. The Hall–Kier alpha value is -2.43. The molecule has 0 unspecified atom stereocenters. The summed E-state index contributed by atoms with van der Waals surface area (Å²) in [6.45, 7) is 9.17. The molecule has 0 aliphatic heterocycles. The Morgan fingerprint density at radius 2 is 1.58 bits per heavy atom. The zero-order valence-electron chi connectivity index (χ0n) is 21.0. The summed E-state index contributed by atoms with van der Waals surface area (Å²) in [5.74, 6) is 1.19. The summed E-state index contributed by atoms with van der Waals surface area (Å²) in [6, 6.07) is 5.45. The molecule has 1 aromatic heterocycles. The number of hydrogen-bond donors (Lipinski definition) is 0. The molecule has 5 heteroatoms. The van der Waals surface area contributed by atoms with Crippen molar-refractivity contribution in [1.29, 1.82) is 0 Å². The Labute approximate surface area is 199 Å². The lowest BCUT2D eigenvalue weighted by Crippen LogP contribution is -2.13. The number of ether oxygens (including phenoxy) is 3. The molecule has 0 atom stereocenters. The number of unbranched alkanes of at least 4 members (excludes halogenated alkanes) is 7. The van der Waals surface area contributed by atoms with Crippen LogP contribution in [0.2, 0.25) is 0 Å². The molecule has 184 valence electrons. The number of benzene rings is 1. The molecule has 0 aliphatic carbocycles. The van der Waals surface area contributed by atoms with Crippen LogP contribution in [-0.4, -0.2) is 19.3 Å². The average molecular weight is 459 g/mol. The van der Waals surface area contributed by atoms with Crippen LogP contribution in [0.25, 0.3) is 11.0 Å². The lowest BCUT2D eigenvalue weighted by Gasteiger charge is -2.17. The first-order valence-corrected chi connectivity index (χ1v) is 12.8. The van der Waals surface area contributed by atoms with Crippen molar-refractivity contribution in [3.8, 4) is 17.2 Å². The minimum atomic E-state index is -0.511. The van der Waals surface area contributed by atoms with Crippen molar-refractivity contribution in [1.82, 2.24) is 0 Å². The summed E-state index contributed by atoms with van der Waals surface area (Å²) in [7, 11) is 0. The van der Waals surface area contributed by atoms with Crippen molar-refractivity contribution in [3.05, 3.63) is 40.8 Å². The van der Waals surface area contributed by atoms with Crippen molar-refractivity contribution >= 4 is 11.0 Å². The maximum Gasteiger partial charge on any atom is 0.383 e. The van der Waals surface area contributed by atoms with E-state index in [1.165, 1.54) is 38.5 Å². The van der Waals surface area contributed by atoms with E-state index >= 15 is 0 Å². The van der Waals surface area contributed by atoms with Crippen LogP contribution >= 0.6 is 0 Å². The Kier molecular flexibility index (Phi) is 12.5. The first-order valence-electron chi connectivity index (χ1n) is 12.8. The van der Waals surface area contributed by atoms with Gasteiger partial charge in [-0.25, -0.2) is 4.79 Å². The van der Waals surface area contributed by atoms with Gasteiger partial charge in [-0.2, -0.15) is 0 Å². The Balaban J connectivity index is 2.15. The highest BCUT2D eigenvalue weighted by atomic mass is 16.5. The molecule has 5 nitrogen and oxygen atoms in total. The standard InChI is InChI=1S/C28H42O5/c1-5-7-9-11-12-13-14-16-21-31-27-26(30-20-15-10-8-6-2)25-23(32-22(3)4)18-17-19-24(25)33-28(27)29/h8,10,17-19,22H,5-7,9,11-16,20-21H2,1-4H3. The highest BCUT2D eigenvalue weighted by molar-refractivity contribution is 5.91. The van der Waals surface area contributed by atoms with Gasteiger partial charge < -0.3 is 18.6 Å². The average Bonchev–Trinajstić information content (AvgIpc) is 2.78. The minimum absolute atomic E-state index is 0.0236. The van der Waals surface area contributed by atoms with Crippen molar-refractivity contribution < 1.29 is 18.6 Å². The van der Waals surface area contributed by atoms with Crippen molar-refractivity contribution in [3.63, 3.8) is 0 Å². The van der Waals surface area contributed by atoms with Crippen molar-refractivity contribution in [2.75, 3.05) is 13.2 Å². The zero-order chi connectivity index (χ0) is 23.9. The molecular formula is C28H42O5. The van der Waals surface area contributed by atoms with Crippen LogP contribution in [0, 0.1) is 0 Å². The zero-order valence-corrected chi connectivity index (χ0v) is 21.0. The van der Waals surface area contributed by atoms with E-state index in [0.29, 0.717) is 35.7 Å². The van der Waals surface area contributed by atoms with E-state index in [2.05, 4.69) is 26.0 Å². The quantitative estimate of drug-likeness (QED) is 0.137. The molecule has 0 bridgehead atoms. The third-order valence-electron chi connectivity index (χ3n) is 5.35. The van der Waals surface area contributed by atoms with Crippen LogP contribution in [0.4, 0.5) is 0 Å². The largest absolute Gasteiger partial charge is 0.490 e. The van der Waals surface area contributed by atoms with Gasteiger partial charge in [-0.05, 0) is 45.2 Å². The minimum Gasteiger partial charge on any atom is -0.490 e. The summed E-state index contributed by atoms with van der Waals surface area (Å²) in [6.07, 6.45) is 15.5. The van der Waals surface area contributed by atoms with E-state index < -0.39 is 5.63 Å². The van der Waals surface area contributed by atoms with Crippen LogP contribution in [0.15, 0.2) is 39.6 Å². The van der Waals surface area contributed by atoms with Gasteiger partial charge in [0.05, 0.1) is 19.3 Å². The number of hydrogen-bond acceptors (Lipinski definition) is 5. The van der Waals surface area contributed by atoms with Crippen LogP contribution in [0.1, 0.15) is 91.9 Å². The van der Waals surface area contributed by atoms with Gasteiger partial charge in [0.25, 0.3) is 0 Å². The highest BCUT2D eigenvalue weighted by Gasteiger charge is 2.21. The lowest BCUT2D eigenvalue weighted by molar-refractivity contribution is 0.239.